The van der Waals surface area contributed by atoms with Crippen LogP contribution in [0.4, 0.5) is 0 Å². The highest BCUT2D eigenvalue weighted by Gasteiger charge is 2.28. The molecule has 0 spiro atoms. The molecule has 0 bridgehead atoms. The van der Waals surface area contributed by atoms with Crippen molar-refractivity contribution in [3.05, 3.63) is 24.3 Å². The maximum atomic E-state index is 6.31. The summed E-state index contributed by atoms with van der Waals surface area (Å²) in [5, 5.41) is 0. The standard InChI is InChI=1S/C14H21NO2/c1-16-12-5-7-13(8-6-12)17-11-14(15)9-3-2-4-10-14/h5-8H,2-4,9-11,15H2,1H3. The van der Waals surface area contributed by atoms with E-state index >= 15 is 0 Å². The topological polar surface area (TPSA) is 44.5 Å². The predicted molar refractivity (Wildman–Crippen MR) is 68.5 cm³/mol. The summed E-state index contributed by atoms with van der Waals surface area (Å²) in [5.41, 5.74) is 6.19. The minimum absolute atomic E-state index is 0.127. The highest BCUT2D eigenvalue weighted by atomic mass is 16.5. The molecule has 1 aromatic carbocycles. The van der Waals surface area contributed by atoms with Crippen LogP contribution in [0.1, 0.15) is 32.1 Å². The summed E-state index contributed by atoms with van der Waals surface area (Å²) in [6.45, 7) is 0.610. The van der Waals surface area contributed by atoms with Crippen molar-refractivity contribution in [1.82, 2.24) is 0 Å². The van der Waals surface area contributed by atoms with Gasteiger partial charge < -0.3 is 15.2 Å². The highest BCUT2D eigenvalue weighted by molar-refractivity contribution is 5.31. The van der Waals surface area contributed by atoms with E-state index in [-0.39, 0.29) is 5.54 Å². The van der Waals surface area contributed by atoms with Gasteiger partial charge in [0.05, 0.1) is 12.6 Å². The van der Waals surface area contributed by atoms with Crippen LogP contribution in [-0.2, 0) is 0 Å². The van der Waals surface area contributed by atoms with Gasteiger partial charge in [0.15, 0.2) is 0 Å². The maximum absolute atomic E-state index is 6.31. The molecule has 3 heteroatoms. The average Bonchev–Trinajstić information content (AvgIpc) is 2.38. The fourth-order valence-corrected chi connectivity index (χ4v) is 2.30. The molecule has 0 saturated heterocycles. The lowest BCUT2D eigenvalue weighted by Crippen LogP contribution is -2.47. The molecule has 0 aliphatic heterocycles. The van der Waals surface area contributed by atoms with E-state index in [1.807, 2.05) is 24.3 Å². The van der Waals surface area contributed by atoms with Crippen molar-refractivity contribution in [3.8, 4) is 11.5 Å². The van der Waals surface area contributed by atoms with Gasteiger partial charge in [0.2, 0.25) is 0 Å². The lowest BCUT2D eigenvalue weighted by molar-refractivity contribution is 0.173. The third-order valence-corrected chi connectivity index (χ3v) is 3.44. The number of nitrogens with two attached hydrogens (primary N) is 1. The van der Waals surface area contributed by atoms with Crippen LogP contribution < -0.4 is 15.2 Å². The summed E-state index contributed by atoms with van der Waals surface area (Å²) in [6, 6.07) is 7.65. The average molecular weight is 235 g/mol. The summed E-state index contributed by atoms with van der Waals surface area (Å²) in [7, 11) is 1.66. The minimum Gasteiger partial charge on any atom is -0.497 e. The first-order valence-electron chi connectivity index (χ1n) is 6.28. The Morgan fingerprint density at radius 2 is 1.65 bits per heavy atom. The van der Waals surface area contributed by atoms with Crippen molar-refractivity contribution >= 4 is 0 Å². The monoisotopic (exact) mass is 235 g/mol. The molecule has 1 aromatic rings. The Labute approximate surface area is 103 Å². The number of hydrogen-bond acceptors (Lipinski definition) is 3. The van der Waals surface area contributed by atoms with Gasteiger partial charge in [0, 0.05) is 0 Å². The summed E-state index contributed by atoms with van der Waals surface area (Å²) in [6.07, 6.45) is 5.90. The van der Waals surface area contributed by atoms with Crippen LogP contribution in [0.15, 0.2) is 24.3 Å². The van der Waals surface area contributed by atoms with Crippen LogP contribution in [-0.4, -0.2) is 19.3 Å². The number of ether oxygens (including phenoxy) is 2. The summed E-state index contributed by atoms with van der Waals surface area (Å²) >= 11 is 0. The van der Waals surface area contributed by atoms with Gasteiger partial charge in [0.25, 0.3) is 0 Å². The molecule has 3 nitrogen and oxygen atoms in total. The summed E-state index contributed by atoms with van der Waals surface area (Å²) < 4.78 is 10.9. The van der Waals surface area contributed by atoms with Crippen molar-refractivity contribution < 1.29 is 9.47 Å². The Hall–Kier alpha value is -1.22. The summed E-state index contributed by atoms with van der Waals surface area (Å²) in [4.78, 5) is 0. The molecule has 0 radical (unpaired) electrons. The second-order valence-electron chi connectivity index (χ2n) is 4.89. The third kappa shape index (κ3) is 3.37. The number of rotatable bonds is 4. The van der Waals surface area contributed by atoms with Crippen molar-refractivity contribution in [2.75, 3.05) is 13.7 Å². The molecular formula is C14H21NO2. The predicted octanol–water partition coefficient (Wildman–Crippen LogP) is 2.74. The van der Waals surface area contributed by atoms with E-state index in [0.717, 1.165) is 24.3 Å². The molecular weight excluding hydrogens is 214 g/mol. The first kappa shape index (κ1) is 12.2. The van der Waals surface area contributed by atoms with Crippen molar-refractivity contribution in [2.24, 2.45) is 5.73 Å². The Balaban J connectivity index is 1.87. The molecule has 0 unspecified atom stereocenters. The molecule has 0 aromatic heterocycles. The zero-order valence-corrected chi connectivity index (χ0v) is 10.4. The van der Waals surface area contributed by atoms with Crippen molar-refractivity contribution in [3.63, 3.8) is 0 Å². The van der Waals surface area contributed by atoms with Gasteiger partial charge in [-0.05, 0) is 37.1 Å². The number of methoxy groups -OCH3 is 1. The van der Waals surface area contributed by atoms with E-state index in [4.69, 9.17) is 15.2 Å². The molecule has 0 amide bonds. The molecule has 1 fully saturated rings. The Morgan fingerprint density at radius 1 is 1.06 bits per heavy atom. The number of hydrogen-bond donors (Lipinski definition) is 1. The molecule has 2 N–H and O–H groups in total. The molecule has 0 heterocycles. The lowest BCUT2D eigenvalue weighted by atomic mass is 9.83. The summed E-state index contributed by atoms with van der Waals surface area (Å²) in [5.74, 6) is 1.71. The van der Waals surface area contributed by atoms with Crippen molar-refractivity contribution in [2.45, 2.75) is 37.6 Å². The largest absolute Gasteiger partial charge is 0.497 e. The van der Waals surface area contributed by atoms with Crippen LogP contribution in [0, 0.1) is 0 Å². The van der Waals surface area contributed by atoms with Gasteiger partial charge in [-0.2, -0.15) is 0 Å². The molecule has 0 atom stereocenters. The van der Waals surface area contributed by atoms with Crippen LogP contribution in [0.5, 0.6) is 11.5 Å². The minimum atomic E-state index is -0.127. The fourth-order valence-electron chi connectivity index (χ4n) is 2.30. The van der Waals surface area contributed by atoms with Crippen LogP contribution >= 0.6 is 0 Å². The van der Waals surface area contributed by atoms with Crippen LogP contribution in [0.25, 0.3) is 0 Å². The van der Waals surface area contributed by atoms with Gasteiger partial charge in [-0.1, -0.05) is 19.3 Å². The second kappa shape index (κ2) is 5.41. The Morgan fingerprint density at radius 3 is 2.24 bits per heavy atom. The zero-order valence-electron chi connectivity index (χ0n) is 10.4. The smallest absolute Gasteiger partial charge is 0.119 e. The molecule has 2 rings (SSSR count). The zero-order chi connectivity index (χ0) is 12.1. The van der Waals surface area contributed by atoms with E-state index in [9.17, 15) is 0 Å². The van der Waals surface area contributed by atoms with E-state index in [1.165, 1.54) is 19.3 Å². The van der Waals surface area contributed by atoms with E-state index in [1.54, 1.807) is 7.11 Å². The quantitative estimate of drug-likeness (QED) is 0.872. The molecule has 94 valence electrons. The lowest BCUT2D eigenvalue weighted by Gasteiger charge is -2.33. The van der Waals surface area contributed by atoms with Gasteiger partial charge in [0.1, 0.15) is 18.1 Å². The number of benzene rings is 1. The first-order chi connectivity index (χ1) is 8.22. The fraction of sp³-hybridized carbons (Fsp3) is 0.571. The Kier molecular flexibility index (Phi) is 3.89. The first-order valence-corrected chi connectivity index (χ1v) is 6.28. The molecule has 1 aliphatic carbocycles. The van der Waals surface area contributed by atoms with Gasteiger partial charge in [-0.25, -0.2) is 0 Å². The highest BCUT2D eigenvalue weighted by Crippen LogP contribution is 2.27. The Bertz CT molecular complexity index is 342. The van der Waals surface area contributed by atoms with Crippen molar-refractivity contribution in [1.29, 1.82) is 0 Å². The van der Waals surface area contributed by atoms with Crippen LogP contribution in [0.3, 0.4) is 0 Å². The van der Waals surface area contributed by atoms with E-state index in [2.05, 4.69) is 0 Å². The third-order valence-electron chi connectivity index (χ3n) is 3.44. The van der Waals surface area contributed by atoms with Gasteiger partial charge >= 0.3 is 0 Å². The van der Waals surface area contributed by atoms with Gasteiger partial charge in [-0.15, -0.1) is 0 Å². The van der Waals surface area contributed by atoms with E-state index < -0.39 is 0 Å². The SMILES string of the molecule is COc1ccc(OCC2(N)CCCCC2)cc1. The maximum Gasteiger partial charge on any atom is 0.119 e. The van der Waals surface area contributed by atoms with Crippen LogP contribution in [0.2, 0.25) is 0 Å². The normalized spacial score (nSPS) is 18.7. The molecule has 17 heavy (non-hydrogen) atoms. The second-order valence-corrected chi connectivity index (χ2v) is 4.89. The molecule has 1 saturated carbocycles. The van der Waals surface area contributed by atoms with E-state index in [0.29, 0.717) is 6.61 Å². The van der Waals surface area contributed by atoms with Gasteiger partial charge in [-0.3, -0.25) is 0 Å². The molecule has 1 aliphatic rings.